The second-order valence-corrected chi connectivity index (χ2v) is 4.88. The minimum absolute atomic E-state index is 0.468. The number of hydrogen-bond donors (Lipinski definition) is 1. The maximum absolute atomic E-state index is 5.24. The van der Waals surface area contributed by atoms with Crippen molar-refractivity contribution in [1.29, 1.82) is 0 Å². The lowest BCUT2D eigenvalue weighted by molar-refractivity contribution is 0.143. The van der Waals surface area contributed by atoms with E-state index in [0.717, 1.165) is 25.7 Å². The Morgan fingerprint density at radius 3 is 2.75 bits per heavy atom. The molecule has 1 aliphatic rings. The summed E-state index contributed by atoms with van der Waals surface area (Å²) in [4.78, 5) is 4.87. The Hall–Kier alpha value is -0.160. The van der Waals surface area contributed by atoms with Crippen molar-refractivity contribution >= 4 is 0 Å². The number of rotatable bonds is 7. The van der Waals surface area contributed by atoms with Crippen molar-refractivity contribution in [2.24, 2.45) is 0 Å². The zero-order valence-corrected chi connectivity index (χ0v) is 11.2. The number of likely N-dealkylation sites (N-methyl/N-ethyl adjacent to an activating group) is 2. The molecule has 16 heavy (non-hydrogen) atoms. The van der Waals surface area contributed by atoms with Gasteiger partial charge in [0, 0.05) is 32.3 Å². The van der Waals surface area contributed by atoms with E-state index in [1.54, 1.807) is 7.11 Å². The molecule has 0 aliphatic carbocycles. The summed E-state index contributed by atoms with van der Waals surface area (Å²) in [5.74, 6) is 0. The molecule has 1 rings (SSSR count). The van der Waals surface area contributed by atoms with Crippen LogP contribution in [0.15, 0.2) is 0 Å². The SMILES string of the molecule is CCNC(COC)CN1CCC(N(C)C)C1. The molecule has 0 spiro atoms. The maximum Gasteiger partial charge on any atom is 0.0628 e. The van der Waals surface area contributed by atoms with E-state index in [1.807, 2.05) is 0 Å². The van der Waals surface area contributed by atoms with E-state index in [1.165, 1.54) is 19.5 Å². The smallest absolute Gasteiger partial charge is 0.0628 e. The summed E-state index contributed by atoms with van der Waals surface area (Å²) < 4.78 is 5.24. The number of methoxy groups -OCH3 is 1. The van der Waals surface area contributed by atoms with E-state index in [4.69, 9.17) is 4.74 Å². The van der Waals surface area contributed by atoms with E-state index in [2.05, 4.69) is 36.1 Å². The predicted molar refractivity (Wildman–Crippen MR) is 67.9 cm³/mol. The molecule has 2 atom stereocenters. The molecule has 1 fully saturated rings. The lowest BCUT2D eigenvalue weighted by Crippen LogP contribution is -2.43. The summed E-state index contributed by atoms with van der Waals surface area (Å²) >= 11 is 0. The molecule has 1 saturated heterocycles. The van der Waals surface area contributed by atoms with Crippen LogP contribution in [0.5, 0.6) is 0 Å². The van der Waals surface area contributed by atoms with Gasteiger partial charge in [0.05, 0.1) is 6.61 Å². The Morgan fingerprint density at radius 2 is 2.25 bits per heavy atom. The third-order valence-corrected chi connectivity index (χ3v) is 3.32. The Bertz CT molecular complexity index is 181. The van der Waals surface area contributed by atoms with Crippen molar-refractivity contribution in [3.05, 3.63) is 0 Å². The minimum atomic E-state index is 0.468. The monoisotopic (exact) mass is 229 g/mol. The Kier molecular flexibility index (Phi) is 6.28. The highest BCUT2D eigenvalue weighted by Crippen LogP contribution is 2.13. The molecule has 0 aromatic rings. The van der Waals surface area contributed by atoms with Crippen LogP contribution in [0, 0.1) is 0 Å². The number of hydrogen-bond acceptors (Lipinski definition) is 4. The van der Waals surface area contributed by atoms with Crippen LogP contribution in [0.3, 0.4) is 0 Å². The molecule has 0 bridgehead atoms. The number of nitrogens with zero attached hydrogens (tertiary/aromatic N) is 2. The van der Waals surface area contributed by atoms with Crippen LogP contribution < -0.4 is 5.32 Å². The predicted octanol–water partition coefficient (Wildman–Crippen LogP) is 0.247. The first-order chi connectivity index (χ1) is 7.67. The summed E-state index contributed by atoms with van der Waals surface area (Å²) in [6.45, 7) is 7.48. The molecule has 2 unspecified atom stereocenters. The van der Waals surface area contributed by atoms with Gasteiger partial charge in [-0.05, 0) is 33.6 Å². The van der Waals surface area contributed by atoms with Gasteiger partial charge in [-0.25, -0.2) is 0 Å². The van der Waals surface area contributed by atoms with Crippen LogP contribution in [0.2, 0.25) is 0 Å². The highest BCUT2D eigenvalue weighted by molar-refractivity contribution is 4.83. The van der Waals surface area contributed by atoms with Gasteiger partial charge in [0.25, 0.3) is 0 Å². The van der Waals surface area contributed by atoms with Crippen molar-refractivity contribution in [1.82, 2.24) is 15.1 Å². The lowest BCUT2D eigenvalue weighted by Gasteiger charge is -2.25. The molecule has 1 heterocycles. The van der Waals surface area contributed by atoms with Gasteiger partial charge in [-0.15, -0.1) is 0 Å². The summed E-state index contributed by atoms with van der Waals surface area (Å²) in [7, 11) is 6.12. The van der Waals surface area contributed by atoms with Gasteiger partial charge in [0.2, 0.25) is 0 Å². The maximum atomic E-state index is 5.24. The van der Waals surface area contributed by atoms with E-state index in [-0.39, 0.29) is 0 Å². The minimum Gasteiger partial charge on any atom is -0.383 e. The first-order valence-corrected chi connectivity index (χ1v) is 6.28. The topological polar surface area (TPSA) is 27.7 Å². The number of likely N-dealkylation sites (tertiary alicyclic amines) is 1. The largest absolute Gasteiger partial charge is 0.383 e. The average molecular weight is 229 g/mol. The zero-order chi connectivity index (χ0) is 12.0. The first kappa shape index (κ1) is 13.9. The van der Waals surface area contributed by atoms with Gasteiger partial charge in [-0.1, -0.05) is 6.92 Å². The van der Waals surface area contributed by atoms with Crippen molar-refractivity contribution < 1.29 is 4.74 Å². The molecule has 96 valence electrons. The van der Waals surface area contributed by atoms with Crippen molar-refractivity contribution in [3.8, 4) is 0 Å². The molecule has 4 nitrogen and oxygen atoms in total. The van der Waals surface area contributed by atoms with E-state index in [9.17, 15) is 0 Å². The summed E-state index contributed by atoms with van der Waals surface area (Å²) in [6.07, 6.45) is 1.29. The Morgan fingerprint density at radius 1 is 1.50 bits per heavy atom. The fourth-order valence-corrected chi connectivity index (χ4v) is 2.38. The summed E-state index contributed by atoms with van der Waals surface area (Å²) in [6, 6.07) is 1.20. The highest BCUT2D eigenvalue weighted by Gasteiger charge is 2.25. The van der Waals surface area contributed by atoms with Crippen molar-refractivity contribution in [2.75, 3.05) is 54.0 Å². The van der Waals surface area contributed by atoms with E-state index >= 15 is 0 Å². The highest BCUT2D eigenvalue weighted by atomic mass is 16.5. The lowest BCUT2D eigenvalue weighted by atomic mass is 10.2. The fourth-order valence-electron chi connectivity index (χ4n) is 2.38. The fraction of sp³-hybridized carbons (Fsp3) is 1.00. The molecular formula is C12H27N3O. The molecule has 0 aromatic carbocycles. The van der Waals surface area contributed by atoms with Crippen LogP contribution in [0.1, 0.15) is 13.3 Å². The second kappa shape index (κ2) is 7.22. The third-order valence-electron chi connectivity index (χ3n) is 3.32. The Balaban J connectivity index is 2.30. The van der Waals surface area contributed by atoms with Gasteiger partial charge >= 0.3 is 0 Å². The van der Waals surface area contributed by atoms with E-state index in [0.29, 0.717) is 6.04 Å². The van der Waals surface area contributed by atoms with Gasteiger partial charge in [0.1, 0.15) is 0 Å². The first-order valence-electron chi connectivity index (χ1n) is 6.28. The van der Waals surface area contributed by atoms with Crippen LogP contribution in [-0.4, -0.2) is 75.9 Å². The average Bonchev–Trinajstić information content (AvgIpc) is 2.67. The van der Waals surface area contributed by atoms with Crippen molar-refractivity contribution in [3.63, 3.8) is 0 Å². The summed E-state index contributed by atoms with van der Waals surface area (Å²) in [5, 5.41) is 3.47. The molecule has 0 amide bonds. The third kappa shape index (κ3) is 4.37. The quantitative estimate of drug-likeness (QED) is 0.677. The van der Waals surface area contributed by atoms with Gasteiger partial charge in [-0.2, -0.15) is 0 Å². The Labute approximate surface area is 99.9 Å². The molecular weight excluding hydrogens is 202 g/mol. The van der Waals surface area contributed by atoms with Crippen LogP contribution in [-0.2, 0) is 4.74 Å². The van der Waals surface area contributed by atoms with Crippen molar-refractivity contribution in [2.45, 2.75) is 25.4 Å². The molecule has 1 aliphatic heterocycles. The molecule has 0 saturated carbocycles. The van der Waals surface area contributed by atoms with E-state index < -0.39 is 0 Å². The number of nitrogens with one attached hydrogen (secondary N) is 1. The zero-order valence-electron chi connectivity index (χ0n) is 11.2. The van der Waals surface area contributed by atoms with Gasteiger partial charge in [0.15, 0.2) is 0 Å². The number of ether oxygens (including phenoxy) is 1. The van der Waals surface area contributed by atoms with Crippen LogP contribution in [0.25, 0.3) is 0 Å². The molecule has 1 N–H and O–H groups in total. The molecule has 0 aromatic heterocycles. The molecule has 0 radical (unpaired) electrons. The normalized spacial score (nSPS) is 24.2. The van der Waals surface area contributed by atoms with Crippen LogP contribution in [0.4, 0.5) is 0 Å². The summed E-state index contributed by atoms with van der Waals surface area (Å²) in [5.41, 5.74) is 0. The standard InChI is InChI=1S/C12H27N3O/c1-5-13-11(10-16-4)8-15-7-6-12(9-15)14(2)3/h11-13H,5-10H2,1-4H3. The second-order valence-electron chi connectivity index (χ2n) is 4.88. The van der Waals surface area contributed by atoms with Gasteiger partial charge in [-0.3, -0.25) is 0 Å². The van der Waals surface area contributed by atoms with Crippen LogP contribution >= 0.6 is 0 Å². The molecule has 4 heteroatoms. The van der Waals surface area contributed by atoms with Gasteiger partial charge < -0.3 is 19.9 Å².